The van der Waals surface area contributed by atoms with Crippen LogP contribution in [0.5, 0.6) is 5.75 Å². The van der Waals surface area contributed by atoms with E-state index in [1.165, 1.54) is 20.6 Å². The summed E-state index contributed by atoms with van der Waals surface area (Å²) in [7, 11) is -0.363. The van der Waals surface area contributed by atoms with Gasteiger partial charge in [-0.3, -0.25) is 0 Å². The summed E-state index contributed by atoms with van der Waals surface area (Å²) in [6.07, 6.45) is 3.91. The van der Waals surface area contributed by atoms with Crippen molar-refractivity contribution in [2.75, 3.05) is 0 Å². The molecule has 1 nitrogen and oxygen atoms in total. The summed E-state index contributed by atoms with van der Waals surface area (Å²) in [6.45, 7) is 0. The minimum atomic E-state index is -0.529. The molecule has 0 spiro atoms. The Kier molecular flexibility index (Phi) is 6.25. The van der Waals surface area contributed by atoms with Gasteiger partial charge >= 0.3 is 0 Å². The molecule has 0 atom stereocenters. The van der Waals surface area contributed by atoms with Crippen LogP contribution in [0.15, 0.2) is 136 Å². The molecule has 0 unspecified atom stereocenters. The number of benzene rings is 5. The topological polar surface area (TPSA) is 9.23 Å². The maximum Gasteiger partial charge on any atom is 0.170 e. The highest BCUT2D eigenvalue weighted by atomic mass is 32.2. The van der Waals surface area contributed by atoms with Crippen LogP contribution in [-0.4, -0.2) is 0 Å². The predicted molar refractivity (Wildman–Crippen MR) is 146 cm³/mol. The zero-order valence-electron chi connectivity index (χ0n) is 20.1. The van der Waals surface area contributed by atoms with Crippen molar-refractivity contribution in [1.29, 1.82) is 0 Å². The van der Waals surface area contributed by atoms with Crippen molar-refractivity contribution in [2.45, 2.75) is 46.0 Å². The van der Waals surface area contributed by atoms with E-state index in [4.69, 9.17) is 4.74 Å². The standard InChI is InChI=1S/C33H28FOS/c34-31-21-20-28(36(26-14-3-1-4-15-26)27-16-5-2-6-17-27)24-32(31)35-33(22-9-10-23-33)30-19-11-13-25-12-7-8-18-29(25)30/h1-8,11-21,24H,9-10,22-23H2/q+1. The Balaban J connectivity index is 1.45. The Hall–Kier alpha value is -3.56. The van der Waals surface area contributed by atoms with Crippen molar-refractivity contribution >= 4 is 21.7 Å². The Morgan fingerprint density at radius 1 is 0.611 bits per heavy atom. The van der Waals surface area contributed by atoms with Gasteiger partial charge in [0, 0.05) is 11.6 Å². The number of rotatable bonds is 6. The molecule has 1 saturated carbocycles. The predicted octanol–water partition coefficient (Wildman–Crippen LogP) is 8.92. The van der Waals surface area contributed by atoms with E-state index in [0.717, 1.165) is 36.1 Å². The highest BCUT2D eigenvalue weighted by molar-refractivity contribution is 7.97. The smallest absolute Gasteiger partial charge is 0.170 e. The molecule has 1 aliphatic carbocycles. The van der Waals surface area contributed by atoms with E-state index in [-0.39, 0.29) is 16.7 Å². The second-order valence-electron chi connectivity index (χ2n) is 9.35. The fourth-order valence-corrected chi connectivity index (χ4v) is 7.52. The largest absolute Gasteiger partial charge is 0.479 e. The second-order valence-corrected chi connectivity index (χ2v) is 11.4. The normalized spacial score (nSPS) is 14.8. The molecule has 0 amide bonds. The number of hydrogen-bond donors (Lipinski definition) is 0. The molecular weight excluding hydrogens is 463 g/mol. The van der Waals surface area contributed by atoms with Crippen molar-refractivity contribution in [3.63, 3.8) is 0 Å². The molecule has 36 heavy (non-hydrogen) atoms. The number of hydrogen-bond acceptors (Lipinski definition) is 1. The zero-order chi connectivity index (χ0) is 24.4. The van der Waals surface area contributed by atoms with E-state index in [0.29, 0.717) is 5.75 Å². The van der Waals surface area contributed by atoms with Gasteiger partial charge < -0.3 is 4.74 Å². The fraction of sp³-hybridized carbons (Fsp3) is 0.152. The van der Waals surface area contributed by atoms with Crippen molar-refractivity contribution in [2.24, 2.45) is 0 Å². The first-order chi connectivity index (χ1) is 17.7. The van der Waals surface area contributed by atoms with E-state index >= 15 is 4.39 Å². The lowest BCUT2D eigenvalue weighted by molar-refractivity contribution is 0.0702. The lowest BCUT2D eigenvalue weighted by Crippen LogP contribution is -2.30. The van der Waals surface area contributed by atoms with E-state index in [2.05, 4.69) is 91.0 Å². The Labute approximate surface area is 214 Å². The van der Waals surface area contributed by atoms with Crippen LogP contribution >= 0.6 is 0 Å². The summed E-state index contributed by atoms with van der Waals surface area (Å²) in [5, 5.41) is 2.38. The number of ether oxygens (including phenoxy) is 1. The third kappa shape index (κ3) is 4.29. The summed E-state index contributed by atoms with van der Waals surface area (Å²) in [5.41, 5.74) is 0.631. The van der Waals surface area contributed by atoms with E-state index < -0.39 is 5.60 Å². The van der Waals surface area contributed by atoms with Gasteiger partial charge in [0.05, 0.1) is 10.9 Å². The SMILES string of the molecule is Fc1ccc([S+](c2ccccc2)c2ccccc2)cc1OC1(c2cccc3ccccc23)CCCC1. The summed E-state index contributed by atoms with van der Waals surface area (Å²) < 4.78 is 22.1. The Morgan fingerprint density at radius 3 is 1.92 bits per heavy atom. The van der Waals surface area contributed by atoms with Crippen LogP contribution in [0.1, 0.15) is 31.2 Å². The maximum absolute atomic E-state index is 15.4. The van der Waals surface area contributed by atoms with Crippen molar-refractivity contribution < 1.29 is 9.13 Å². The van der Waals surface area contributed by atoms with E-state index in [1.807, 2.05) is 24.3 Å². The van der Waals surface area contributed by atoms with E-state index in [1.54, 1.807) is 6.07 Å². The molecule has 0 N–H and O–H groups in total. The lowest BCUT2D eigenvalue weighted by Gasteiger charge is -2.32. The minimum Gasteiger partial charge on any atom is -0.479 e. The molecule has 3 heteroatoms. The molecule has 5 aromatic rings. The van der Waals surface area contributed by atoms with Crippen LogP contribution in [0.2, 0.25) is 0 Å². The molecule has 6 rings (SSSR count). The average molecular weight is 492 g/mol. The molecule has 1 fully saturated rings. The summed E-state index contributed by atoms with van der Waals surface area (Å²) in [5.74, 6) is 0.0293. The van der Waals surface area contributed by atoms with Gasteiger partial charge in [0.2, 0.25) is 0 Å². The molecule has 0 heterocycles. The molecule has 178 valence electrons. The molecule has 0 saturated heterocycles. The maximum atomic E-state index is 15.4. The molecule has 0 aromatic heterocycles. The molecule has 0 radical (unpaired) electrons. The second kappa shape index (κ2) is 9.83. The minimum absolute atomic E-state index is 0.310. The molecule has 0 aliphatic heterocycles. The molecular formula is C33H28FOS+. The molecule has 5 aromatic carbocycles. The van der Waals surface area contributed by atoms with Crippen LogP contribution in [0.25, 0.3) is 10.8 Å². The lowest BCUT2D eigenvalue weighted by atomic mass is 9.87. The first kappa shape index (κ1) is 22.9. The monoisotopic (exact) mass is 491 g/mol. The van der Waals surface area contributed by atoms with Gasteiger partial charge in [-0.05, 0) is 72.9 Å². The fourth-order valence-electron chi connectivity index (χ4n) is 5.42. The summed E-state index contributed by atoms with van der Waals surface area (Å²) >= 11 is 0. The summed E-state index contributed by atoms with van der Waals surface area (Å²) in [4.78, 5) is 3.45. The van der Waals surface area contributed by atoms with Gasteiger partial charge in [-0.1, -0.05) is 78.9 Å². The highest BCUT2D eigenvalue weighted by Gasteiger charge is 2.40. The van der Waals surface area contributed by atoms with Gasteiger partial charge in [0.15, 0.2) is 26.3 Å². The Morgan fingerprint density at radius 2 is 1.22 bits per heavy atom. The van der Waals surface area contributed by atoms with Crippen molar-refractivity contribution in [3.8, 4) is 5.75 Å². The first-order valence-electron chi connectivity index (χ1n) is 12.5. The van der Waals surface area contributed by atoms with Crippen molar-refractivity contribution in [3.05, 3.63) is 133 Å². The van der Waals surface area contributed by atoms with Crippen LogP contribution in [-0.2, 0) is 16.5 Å². The average Bonchev–Trinajstić information content (AvgIpc) is 3.41. The van der Waals surface area contributed by atoms with Gasteiger partial charge in [0.1, 0.15) is 5.60 Å². The Bertz CT molecular complexity index is 1430. The molecule has 0 bridgehead atoms. The van der Waals surface area contributed by atoms with Crippen LogP contribution in [0.3, 0.4) is 0 Å². The third-order valence-corrected chi connectivity index (χ3v) is 9.31. The zero-order valence-corrected chi connectivity index (χ0v) is 20.9. The quantitative estimate of drug-likeness (QED) is 0.215. The van der Waals surface area contributed by atoms with Crippen LogP contribution in [0, 0.1) is 5.82 Å². The van der Waals surface area contributed by atoms with Gasteiger partial charge in [0.25, 0.3) is 0 Å². The summed E-state index contributed by atoms with van der Waals surface area (Å²) in [6, 6.07) is 41.1. The van der Waals surface area contributed by atoms with Crippen LogP contribution in [0.4, 0.5) is 4.39 Å². The first-order valence-corrected chi connectivity index (χ1v) is 13.8. The molecule has 1 aliphatic rings. The number of fused-ring (bicyclic) bond motifs is 1. The highest BCUT2D eigenvalue weighted by Crippen LogP contribution is 2.46. The van der Waals surface area contributed by atoms with Gasteiger partial charge in [-0.15, -0.1) is 0 Å². The van der Waals surface area contributed by atoms with Gasteiger partial charge in [-0.25, -0.2) is 4.39 Å². The van der Waals surface area contributed by atoms with Crippen LogP contribution < -0.4 is 4.74 Å². The van der Waals surface area contributed by atoms with Crippen molar-refractivity contribution in [1.82, 2.24) is 0 Å². The third-order valence-electron chi connectivity index (χ3n) is 7.09. The number of halogens is 1. The van der Waals surface area contributed by atoms with Gasteiger partial charge in [-0.2, -0.15) is 0 Å². The van der Waals surface area contributed by atoms with E-state index in [9.17, 15) is 0 Å².